The van der Waals surface area contributed by atoms with E-state index in [0.717, 1.165) is 16.7 Å². The Hall–Kier alpha value is -2.39. The van der Waals surface area contributed by atoms with Crippen molar-refractivity contribution in [3.05, 3.63) is 76.9 Å². The van der Waals surface area contributed by atoms with Crippen LogP contribution >= 0.6 is 0 Å². The van der Waals surface area contributed by atoms with Crippen LogP contribution in [0.4, 0.5) is 0 Å². The van der Waals surface area contributed by atoms with Crippen molar-refractivity contribution in [2.45, 2.75) is 13.8 Å². The van der Waals surface area contributed by atoms with E-state index in [1.54, 1.807) is 13.1 Å². The molecule has 0 spiro atoms. The fraction of sp³-hybridized carbons (Fsp3) is 0.211. The summed E-state index contributed by atoms with van der Waals surface area (Å²) in [7, 11) is 3.08. The van der Waals surface area contributed by atoms with Crippen LogP contribution in [-0.2, 0) is 9.63 Å². The maximum absolute atomic E-state index is 12.2. The molecule has 0 saturated heterocycles. The quantitative estimate of drug-likeness (QED) is 0.635. The second-order valence-corrected chi connectivity index (χ2v) is 5.24. The van der Waals surface area contributed by atoms with Crippen molar-refractivity contribution in [3.63, 3.8) is 0 Å². The highest BCUT2D eigenvalue weighted by Gasteiger charge is 2.11. The number of nitrogens with zero attached hydrogens (tertiary/aromatic N) is 1. The average Bonchev–Trinajstić information content (AvgIpc) is 2.55. The molecule has 0 bridgehead atoms. The largest absolute Gasteiger partial charge is 0.274 e. The fourth-order valence-corrected chi connectivity index (χ4v) is 2.16. The minimum Gasteiger partial charge on any atom is -0.274 e. The van der Waals surface area contributed by atoms with Gasteiger partial charge in [-0.3, -0.25) is 9.63 Å². The molecule has 0 N–H and O–H groups in total. The molecule has 0 aromatic heterocycles. The number of amides is 1. The van der Waals surface area contributed by atoms with E-state index in [9.17, 15) is 4.79 Å². The molecule has 2 aromatic carbocycles. The normalized spacial score (nSPS) is 11.4. The molecule has 22 heavy (non-hydrogen) atoms. The molecule has 0 atom stereocenters. The van der Waals surface area contributed by atoms with E-state index in [0.29, 0.717) is 0 Å². The monoisotopic (exact) mass is 295 g/mol. The number of rotatable bonds is 4. The van der Waals surface area contributed by atoms with Crippen LogP contribution in [0, 0.1) is 13.8 Å². The topological polar surface area (TPSA) is 29.5 Å². The van der Waals surface area contributed by atoms with Crippen molar-refractivity contribution in [2.75, 3.05) is 14.2 Å². The number of carbonyl (C=O) groups is 1. The number of aryl methyl sites for hydroxylation is 2. The minimum absolute atomic E-state index is 0.195. The van der Waals surface area contributed by atoms with E-state index in [2.05, 4.69) is 26.0 Å². The van der Waals surface area contributed by atoms with Gasteiger partial charge in [-0.25, -0.2) is 5.06 Å². The second kappa shape index (κ2) is 7.05. The van der Waals surface area contributed by atoms with Crippen LogP contribution in [0.1, 0.15) is 22.3 Å². The standard InChI is InChI=1S/C19H21NO2/c1-14-10-11-17(12-15(14)2)18(13-19(21)20(3)22-4)16-8-6-5-7-9-16/h5-13H,1-4H3/b18-13+. The van der Waals surface area contributed by atoms with Crippen LogP contribution < -0.4 is 0 Å². The van der Waals surface area contributed by atoms with E-state index in [1.165, 1.54) is 23.3 Å². The van der Waals surface area contributed by atoms with Crippen molar-refractivity contribution in [1.29, 1.82) is 0 Å². The molecule has 0 heterocycles. The third kappa shape index (κ3) is 3.62. The van der Waals surface area contributed by atoms with Crippen molar-refractivity contribution >= 4 is 11.5 Å². The first-order chi connectivity index (χ1) is 10.5. The smallest absolute Gasteiger partial charge is 0.270 e. The Morgan fingerprint density at radius 1 is 1.00 bits per heavy atom. The number of likely N-dealkylation sites (N-methyl/N-ethyl adjacent to an activating group) is 1. The molecule has 0 fully saturated rings. The Morgan fingerprint density at radius 3 is 2.27 bits per heavy atom. The lowest BCUT2D eigenvalue weighted by Crippen LogP contribution is -2.23. The summed E-state index contributed by atoms with van der Waals surface area (Å²) < 4.78 is 0. The molecule has 1 amide bonds. The van der Waals surface area contributed by atoms with Crippen molar-refractivity contribution < 1.29 is 9.63 Å². The van der Waals surface area contributed by atoms with Crippen LogP contribution in [0.15, 0.2) is 54.6 Å². The first kappa shape index (κ1) is 16.0. The third-order valence-corrected chi connectivity index (χ3v) is 3.75. The predicted molar refractivity (Wildman–Crippen MR) is 89.2 cm³/mol. The highest BCUT2D eigenvalue weighted by Crippen LogP contribution is 2.25. The van der Waals surface area contributed by atoms with Crippen molar-refractivity contribution in [2.24, 2.45) is 0 Å². The van der Waals surface area contributed by atoms with Gasteiger partial charge in [0, 0.05) is 13.1 Å². The maximum atomic E-state index is 12.2. The van der Waals surface area contributed by atoms with Crippen LogP contribution in [-0.4, -0.2) is 25.1 Å². The highest BCUT2D eigenvalue weighted by atomic mass is 16.7. The number of benzene rings is 2. The van der Waals surface area contributed by atoms with Gasteiger partial charge in [-0.15, -0.1) is 0 Å². The Morgan fingerprint density at radius 2 is 1.68 bits per heavy atom. The van der Waals surface area contributed by atoms with Gasteiger partial charge < -0.3 is 0 Å². The molecule has 2 rings (SSSR count). The molecular formula is C19H21NO2. The van der Waals surface area contributed by atoms with E-state index >= 15 is 0 Å². The summed E-state index contributed by atoms with van der Waals surface area (Å²) in [4.78, 5) is 17.2. The Balaban J connectivity index is 2.53. The van der Waals surface area contributed by atoms with Gasteiger partial charge in [0.05, 0.1) is 7.11 Å². The van der Waals surface area contributed by atoms with E-state index < -0.39 is 0 Å². The lowest BCUT2D eigenvalue weighted by atomic mass is 9.94. The van der Waals surface area contributed by atoms with Gasteiger partial charge in [0.1, 0.15) is 0 Å². The number of hydrogen-bond acceptors (Lipinski definition) is 2. The Bertz CT molecular complexity index is 690. The molecule has 3 heteroatoms. The Kier molecular flexibility index (Phi) is 5.12. The summed E-state index contributed by atoms with van der Waals surface area (Å²) in [5, 5.41) is 1.21. The molecule has 0 aliphatic carbocycles. The summed E-state index contributed by atoms with van der Waals surface area (Å²) in [6.45, 7) is 4.15. The van der Waals surface area contributed by atoms with Crippen LogP contribution in [0.3, 0.4) is 0 Å². The first-order valence-corrected chi connectivity index (χ1v) is 7.19. The van der Waals surface area contributed by atoms with Gasteiger partial charge >= 0.3 is 0 Å². The van der Waals surface area contributed by atoms with Gasteiger partial charge in [0.2, 0.25) is 0 Å². The Labute approximate surface area is 131 Å². The number of hydrogen-bond donors (Lipinski definition) is 0. The fourth-order valence-electron chi connectivity index (χ4n) is 2.16. The average molecular weight is 295 g/mol. The number of carbonyl (C=O) groups excluding carboxylic acids is 1. The number of hydroxylamine groups is 2. The van der Waals surface area contributed by atoms with E-state index in [-0.39, 0.29) is 5.91 Å². The maximum Gasteiger partial charge on any atom is 0.270 e. The zero-order valence-electron chi connectivity index (χ0n) is 13.5. The zero-order chi connectivity index (χ0) is 16.1. The van der Waals surface area contributed by atoms with Gasteiger partial charge in [-0.1, -0.05) is 48.5 Å². The molecule has 0 saturated carbocycles. The highest BCUT2D eigenvalue weighted by molar-refractivity contribution is 5.98. The van der Waals surface area contributed by atoms with Gasteiger partial charge in [0.25, 0.3) is 5.91 Å². The summed E-state index contributed by atoms with van der Waals surface area (Å²) in [6, 6.07) is 16.1. The lowest BCUT2D eigenvalue weighted by Gasteiger charge is -2.14. The van der Waals surface area contributed by atoms with E-state index in [4.69, 9.17) is 4.84 Å². The molecule has 0 aliphatic rings. The molecule has 0 unspecified atom stereocenters. The second-order valence-electron chi connectivity index (χ2n) is 5.24. The molecule has 0 radical (unpaired) electrons. The summed E-state index contributed by atoms with van der Waals surface area (Å²) in [5.41, 5.74) is 5.34. The van der Waals surface area contributed by atoms with Gasteiger partial charge in [-0.05, 0) is 41.7 Å². The molecule has 114 valence electrons. The molecule has 0 aliphatic heterocycles. The van der Waals surface area contributed by atoms with Crippen LogP contribution in [0.2, 0.25) is 0 Å². The molecule has 3 nitrogen and oxygen atoms in total. The molecule has 2 aromatic rings. The molecular weight excluding hydrogens is 274 g/mol. The van der Waals surface area contributed by atoms with Crippen molar-refractivity contribution in [1.82, 2.24) is 5.06 Å². The summed E-state index contributed by atoms with van der Waals surface area (Å²) >= 11 is 0. The zero-order valence-corrected chi connectivity index (χ0v) is 13.5. The minimum atomic E-state index is -0.195. The third-order valence-electron chi connectivity index (χ3n) is 3.75. The predicted octanol–water partition coefficient (Wildman–Crippen LogP) is 3.75. The van der Waals surface area contributed by atoms with E-state index in [1.807, 2.05) is 36.4 Å². The van der Waals surface area contributed by atoms with Crippen molar-refractivity contribution in [3.8, 4) is 0 Å². The van der Waals surface area contributed by atoms with Gasteiger partial charge in [0.15, 0.2) is 0 Å². The van der Waals surface area contributed by atoms with Crippen LogP contribution in [0.25, 0.3) is 5.57 Å². The summed E-state index contributed by atoms with van der Waals surface area (Å²) in [6.07, 6.45) is 1.61. The summed E-state index contributed by atoms with van der Waals surface area (Å²) in [5.74, 6) is -0.195. The lowest BCUT2D eigenvalue weighted by molar-refractivity contribution is -0.162. The van der Waals surface area contributed by atoms with Crippen LogP contribution in [0.5, 0.6) is 0 Å². The van der Waals surface area contributed by atoms with Gasteiger partial charge in [-0.2, -0.15) is 0 Å². The SMILES string of the molecule is CON(C)C(=O)/C=C(\c1ccccc1)c1ccc(C)c(C)c1. The first-order valence-electron chi connectivity index (χ1n) is 7.19.